The van der Waals surface area contributed by atoms with Crippen LogP contribution < -0.4 is 5.32 Å². The predicted octanol–water partition coefficient (Wildman–Crippen LogP) is 5.31. The second kappa shape index (κ2) is 10.8. The van der Waals surface area contributed by atoms with Gasteiger partial charge in [-0.1, -0.05) is 41.9 Å². The molecule has 1 saturated heterocycles. The summed E-state index contributed by atoms with van der Waals surface area (Å²) >= 11 is 6.27. The molecular formula is C28H33ClF3N3O3. The van der Waals surface area contributed by atoms with E-state index in [1.807, 2.05) is 6.07 Å². The molecule has 1 spiro atoms. The summed E-state index contributed by atoms with van der Waals surface area (Å²) in [6.45, 7) is 1.13. The quantitative estimate of drug-likeness (QED) is 0.436. The largest absolute Gasteiger partial charge is 0.430 e. The zero-order chi connectivity index (χ0) is 27.7. The van der Waals surface area contributed by atoms with Gasteiger partial charge in [-0.15, -0.1) is 0 Å². The molecule has 4 rings (SSSR count). The molecule has 1 aliphatic heterocycles. The van der Waals surface area contributed by atoms with E-state index >= 15 is 0 Å². The lowest BCUT2D eigenvalue weighted by molar-refractivity contribution is -0.262. The van der Waals surface area contributed by atoms with Crippen molar-refractivity contribution in [2.45, 2.75) is 43.9 Å². The molecule has 1 aliphatic carbocycles. The van der Waals surface area contributed by atoms with Gasteiger partial charge in [-0.05, 0) is 61.6 Å². The number of nitrogens with zero attached hydrogens (tertiary/aromatic N) is 2. The third kappa shape index (κ3) is 5.50. The highest BCUT2D eigenvalue weighted by atomic mass is 35.5. The molecule has 0 bridgehead atoms. The molecule has 0 unspecified atom stereocenters. The first-order valence-electron chi connectivity index (χ1n) is 12.8. The lowest BCUT2D eigenvalue weighted by Crippen LogP contribution is -2.57. The summed E-state index contributed by atoms with van der Waals surface area (Å²) in [5, 5.41) is 14.3. The van der Waals surface area contributed by atoms with Crippen LogP contribution in [0, 0.1) is 11.3 Å². The summed E-state index contributed by atoms with van der Waals surface area (Å²) in [4.78, 5) is 27.7. The molecule has 2 aromatic carbocycles. The summed E-state index contributed by atoms with van der Waals surface area (Å²) < 4.78 is 41.7. The smallest absolute Gasteiger partial charge is 0.385 e. The number of halogens is 4. The molecule has 10 heteroatoms. The second-order valence-electron chi connectivity index (χ2n) is 10.6. The number of hydrogen-bond donors (Lipinski definition) is 2. The SMILES string of the molecule is CN(C)C(=O)c1ccc(NCCC[C@@H]2CC23CCN(C(=O)[C@](O)(c2ccccc2)C(F)(F)F)CC3)cc1Cl. The van der Waals surface area contributed by atoms with Gasteiger partial charge < -0.3 is 20.2 Å². The fourth-order valence-electron chi connectivity index (χ4n) is 5.54. The Balaban J connectivity index is 1.26. The Morgan fingerprint density at radius 2 is 1.79 bits per heavy atom. The van der Waals surface area contributed by atoms with Crippen molar-refractivity contribution in [3.05, 3.63) is 64.7 Å². The van der Waals surface area contributed by atoms with E-state index in [1.54, 1.807) is 26.2 Å². The summed E-state index contributed by atoms with van der Waals surface area (Å²) in [6, 6.07) is 11.8. The third-order valence-electron chi connectivity index (χ3n) is 7.98. The van der Waals surface area contributed by atoms with Gasteiger partial charge in [-0.3, -0.25) is 9.59 Å². The van der Waals surface area contributed by atoms with Gasteiger partial charge in [-0.25, -0.2) is 0 Å². The molecule has 1 heterocycles. The van der Waals surface area contributed by atoms with E-state index in [0.29, 0.717) is 29.3 Å². The molecule has 206 valence electrons. The fourth-order valence-corrected chi connectivity index (χ4v) is 5.81. The van der Waals surface area contributed by atoms with Gasteiger partial charge in [0.25, 0.3) is 17.4 Å². The Labute approximate surface area is 225 Å². The molecule has 1 saturated carbocycles. The van der Waals surface area contributed by atoms with Crippen LogP contribution in [0.2, 0.25) is 5.02 Å². The van der Waals surface area contributed by atoms with E-state index in [-0.39, 0.29) is 24.4 Å². The lowest BCUT2D eigenvalue weighted by atomic mass is 9.86. The van der Waals surface area contributed by atoms with Gasteiger partial charge in [0, 0.05) is 45.0 Å². The Kier molecular flexibility index (Phi) is 8.00. The number of anilines is 1. The predicted molar refractivity (Wildman–Crippen MR) is 140 cm³/mol. The monoisotopic (exact) mass is 551 g/mol. The molecular weight excluding hydrogens is 519 g/mol. The molecule has 2 amide bonds. The number of carbonyl (C=O) groups excluding carboxylic acids is 2. The first kappa shape index (κ1) is 28.2. The maximum atomic E-state index is 13.9. The standard InChI is InChI=1S/C28H33ClF3N3O3/c1-34(2)24(36)22-11-10-21(17-23(22)29)33-14-6-9-20-18-26(20)12-15-35(16-13-26)25(37)27(38,28(30,31)32)19-7-4-3-5-8-19/h3-5,7-8,10-11,17,20,33,38H,6,9,12-16,18H2,1-2H3/t20-,27-/m1/s1. The highest BCUT2D eigenvalue weighted by molar-refractivity contribution is 6.34. The zero-order valence-electron chi connectivity index (χ0n) is 21.5. The maximum Gasteiger partial charge on any atom is 0.430 e. The first-order valence-corrected chi connectivity index (χ1v) is 13.2. The van der Waals surface area contributed by atoms with Crippen LogP contribution >= 0.6 is 11.6 Å². The van der Waals surface area contributed by atoms with Crippen molar-refractivity contribution < 1.29 is 27.9 Å². The van der Waals surface area contributed by atoms with Gasteiger partial charge in [-0.2, -0.15) is 13.2 Å². The van der Waals surface area contributed by atoms with Crippen molar-refractivity contribution in [2.75, 3.05) is 39.0 Å². The number of nitrogens with one attached hydrogen (secondary N) is 1. The number of benzene rings is 2. The Bertz CT molecular complexity index is 1170. The van der Waals surface area contributed by atoms with Gasteiger partial charge in [0.1, 0.15) is 0 Å². The minimum Gasteiger partial charge on any atom is -0.385 e. The van der Waals surface area contributed by atoms with Gasteiger partial charge in [0.15, 0.2) is 0 Å². The number of carbonyl (C=O) groups is 2. The van der Waals surface area contributed by atoms with E-state index in [9.17, 15) is 27.9 Å². The number of hydrogen-bond acceptors (Lipinski definition) is 4. The van der Waals surface area contributed by atoms with Crippen LogP contribution in [-0.4, -0.2) is 66.6 Å². The zero-order valence-corrected chi connectivity index (χ0v) is 22.3. The number of alkyl halides is 3. The van der Waals surface area contributed by atoms with Crippen molar-refractivity contribution in [2.24, 2.45) is 11.3 Å². The molecule has 2 N–H and O–H groups in total. The van der Waals surface area contributed by atoms with Crippen LogP contribution in [0.25, 0.3) is 0 Å². The summed E-state index contributed by atoms with van der Waals surface area (Å²) in [7, 11) is 3.34. The minimum atomic E-state index is -5.12. The molecule has 2 fully saturated rings. The van der Waals surface area contributed by atoms with E-state index < -0.39 is 23.2 Å². The summed E-state index contributed by atoms with van der Waals surface area (Å²) in [6.07, 6.45) is -0.963. The highest BCUT2D eigenvalue weighted by Crippen LogP contribution is 2.61. The lowest BCUT2D eigenvalue weighted by Gasteiger charge is -2.39. The van der Waals surface area contributed by atoms with Crippen molar-refractivity contribution >= 4 is 29.1 Å². The number of piperidine rings is 1. The van der Waals surface area contributed by atoms with Crippen LogP contribution in [0.15, 0.2) is 48.5 Å². The van der Waals surface area contributed by atoms with Crippen LogP contribution in [-0.2, 0) is 10.4 Å². The molecule has 2 atom stereocenters. The molecule has 6 nitrogen and oxygen atoms in total. The van der Waals surface area contributed by atoms with Crippen molar-refractivity contribution in [3.8, 4) is 0 Å². The Morgan fingerprint density at radius 1 is 1.13 bits per heavy atom. The summed E-state index contributed by atoms with van der Waals surface area (Å²) in [5.74, 6) is -0.984. The average molecular weight is 552 g/mol. The van der Waals surface area contributed by atoms with Crippen LogP contribution in [0.5, 0.6) is 0 Å². The van der Waals surface area contributed by atoms with Gasteiger partial charge in [0.05, 0.1) is 10.6 Å². The van der Waals surface area contributed by atoms with Crippen molar-refractivity contribution in [3.63, 3.8) is 0 Å². The Morgan fingerprint density at radius 3 is 2.37 bits per heavy atom. The van der Waals surface area contributed by atoms with Gasteiger partial charge in [0.2, 0.25) is 0 Å². The van der Waals surface area contributed by atoms with Crippen LogP contribution in [0.4, 0.5) is 18.9 Å². The fraction of sp³-hybridized carbons (Fsp3) is 0.500. The van der Waals surface area contributed by atoms with E-state index in [2.05, 4.69) is 5.32 Å². The third-order valence-corrected chi connectivity index (χ3v) is 8.29. The second-order valence-corrected chi connectivity index (χ2v) is 11.0. The number of aliphatic hydroxyl groups is 1. The van der Waals surface area contributed by atoms with E-state index in [4.69, 9.17) is 11.6 Å². The number of rotatable bonds is 8. The topological polar surface area (TPSA) is 72.9 Å². The molecule has 2 aromatic rings. The average Bonchev–Trinajstić information content (AvgIpc) is 3.56. The normalized spacial score (nSPS) is 20.1. The van der Waals surface area contributed by atoms with Crippen LogP contribution in [0.3, 0.4) is 0 Å². The van der Waals surface area contributed by atoms with Crippen molar-refractivity contribution in [1.29, 1.82) is 0 Å². The molecule has 2 aliphatic rings. The first-order chi connectivity index (χ1) is 17.9. The van der Waals surface area contributed by atoms with Crippen molar-refractivity contribution in [1.82, 2.24) is 9.80 Å². The summed E-state index contributed by atoms with van der Waals surface area (Å²) in [5.41, 5.74) is -2.66. The highest BCUT2D eigenvalue weighted by Gasteiger charge is 2.63. The number of likely N-dealkylation sites (tertiary alicyclic amines) is 1. The van der Waals surface area contributed by atoms with E-state index in [1.165, 1.54) is 23.1 Å². The van der Waals surface area contributed by atoms with E-state index in [0.717, 1.165) is 48.5 Å². The maximum absolute atomic E-state index is 13.9. The molecule has 0 aromatic heterocycles. The Hall–Kier alpha value is -2.78. The minimum absolute atomic E-state index is 0.0668. The molecule has 0 radical (unpaired) electrons. The van der Waals surface area contributed by atoms with Crippen LogP contribution in [0.1, 0.15) is 48.0 Å². The molecule has 38 heavy (non-hydrogen) atoms. The number of amides is 2. The van der Waals surface area contributed by atoms with Gasteiger partial charge >= 0.3 is 6.18 Å².